The second-order valence-corrected chi connectivity index (χ2v) is 3.73. The highest BCUT2D eigenvalue weighted by Crippen LogP contribution is 1.96. The van der Waals surface area contributed by atoms with Crippen molar-refractivity contribution >= 4 is 11.9 Å². The lowest BCUT2D eigenvalue weighted by Crippen LogP contribution is -2.50. The standard InChI is InChI=1S/C10H20N2O5/c1-3-17-5-8(13)6(2)12-10(16)7(11)4-9(14)15/h6-8,13H,3-5,11H2,1-2H3,(H,12,16)(H,14,15)/t6?,7-,8?/m0/s1. The monoisotopic (exact) mass is 248 g/mol. The third kappa shape index (κ3) is 6.88. The third-order valence-corrected chi connectivity index (χ3v) is 2.17. The molecule has 0 saturated heterocycles. The molecule has 17 heavy (non-hydrogen) atoms. The summed E-state index contributed by atoms with van der Waals surface area (Å²) in [5.41, 5.74) is 5.36. The molecule has 0 saturated carbocycles. The largest absolute Gasteiger partial charge is 0.481 e. The van der Waals surface area contributed by atoms with E-state index in [9.17, 15) is 14.7 Å². The number of aliphatic hydroxyl groups excluding tert-OH is 1. The maximum Gasteiger partial charge on any atom is 0.305 e. The van der Waals surface area contributed by atoms with Crippen molar-refractivity contribution in [2.24, 2.45) is 5.73 Å². The van der Waals surface area contributed by atoms with E-state index in [1.807, 2.05) is 0 Å². The molecule has 0 aliphatic carbocycles. The van der Waals surface area contributed by atoms with Crippen molar-refractivity contribution in [3.05, 3.63) is 0 Å². The molecule has 0 fully saturated rings. The zero-order chi connectivity index (χ0) is 13.4. The van der Waals surface area contributed by atoms with Crippen LogP contribution in [-0.2, 0) is 14.3 Å². The lowest BCUT2D eigenvalue weighted by atomic mass is 10.1. The van der Waals surface area contributed by atoms with E-state index >= 15 is 0 Å². The van der Waals surface area contributed by atoms with Crippen LogP contribution in [0.25, 0.3) is 0 Å². The van der Waals surface area contributed by atoms with Gasteiger partial charge in [-0.2, -0.15) is 0 Å². The molecule has 7 heteroatoms. The molecular formula is C10H20N2O5. The molecule has 0 aliphatic heterocycles. The van der Waals surface area contributed by atoms with Crippen LogP contribution in [0.4, 0.5) is 0 Å². The number of aliphatic carboxylic acids is 1. The first-order valence-electron chi connectivity index (χ1n) is 5.42. The quantitative estimate of drug-likeness (QED) is 0.423. The molecule has 7 nitrogen and oxygen atoms in total. The Bertz CT molecular complexity index is 259. The van der Waals surface area contributed by atoms with Crippen molar-refractivity contribution in [3.63, 3.8) is 0 Å². The SMILES string of the molecule is CCOCC(O)C(C)NC(=O)[C@@H](N)CC(=O)O. The summed E-state index contributed by atoms with van der Waals surface area (Å²) in [6.45, 7) is 3.95. The van der Waals surface area contributed by atoms with Crippen LogP contribution in [-0.4, -0.2) is 53.5 Å². The number of hydrogen-bond acceptors (Lipinski definition) is 5. The molecule has 0 aliphatic rings. The highest BCUT2D eigenvalue weighted by molar-refractivity contribution is 5.86. The predicted octanol–water partition coefficient (Wildman–Crippen LogP) is -1.31. The van der Waals surface area contributed by atoms with Crippen LogP contribution in [0.15, 0.2) is 0 Å². The molecule has 0 heterocycles. The molecule has 1 amide bonds. The van der Waals surface area contributed by atoms with Crippen molar-refractivity contribution in [3.8, 4) is 0 Å². The van der Waals surface area contributed by atoms with Gasteiger partial charge in [-0.15, -0.1) is 0 Å². The van der Waals surface area contributed by atoms with E-state index in [4.69, 9.17) is 15.6 Å². The fourth-order valence-corrected chi connectivity index (χ4v) is 1.09. The van der Waals surface area contributed by atoms with Crippen molar-refractivity contribution in [2.45, 2.75) is 38.5 Å². The molecule has 2 unspecified atom stereocenters. The van der Waals surface area contributed by atoms with Crippen molar-refractivity contribution in [1.82, 2.24) is 5.32 Å². The summed E-state index contributed by atoms with van der Waals surface area (Å²) in [5, 5.41) is 20.5. The fraction of sp³-hybridized carbons (Fsp3) is 0.800. The minimum absolute atomic E-state index is 0.103. The van der Waals surface area contributed by atoms with Gasteiger partial charge in [-0.25, -0.2) is 0 Å². The summed E-state index contributed by atoms with van der Waals surface area (Å²) in [6, 6.07) is -1.66. The number of carboxylic acids is 1. The number of carbonyl (C=O) groups excluding carboxylic acids is 1. The number of carboxylic acid groups (broad SMARTS) is 1. The third-order valence-electron chi connectivity index (χ3n) is 2.17. The number of carbonyl (C=O) groups is 2. The summed E-state index contributed by atoms with van der Waals surface area (Å²) < 4.78 is 5.00. The van der Waals surface area contributed by atoms with Crippen LogP contribution in [0.1, 0.15) is 20.3 Å². The first kappa shape index (κ1) is 15.8. The summed E-state index contributed by atoms with van der Waals surface area (Å²) in [6.07, 6.45) is -1.30. The van der Waals surface area contributed by atoms with Gasteiger partial charge < -0.3 is 26.0 Å². The highest BCUT2D eigenvalue weighted by Gasteiger charge is 2.22. The zero-order valence-electron chi connectivity index (χ0n) is 10.0. The van der Waals surface area contributed by atoms with Crippen LogP contribution in [0.5, 0.6) is 0 Å². The van der Waals surface area contributed by atoms with Crippen LogP contribution in [0.2, 0.25) is 0 Å². The number of ether oxygens (including phenoxy) is 1. The zero-order valence-corrected chi connectivity index (χ0v) is 10.0. The van der Waals surface area contributed by atoms with E-state index in [0.29, 0.717) is 6.61 Å². The number of aliphatic hydroxyl groups is 1. The Morgan fingerprint density at radius 3 is 2.53 bits per heavy atom. The lowest BCUT2D eigenvalue weighted by molar-refractivity contribution is -0.139. The molecule has 3 atom stereocenters. The van der Waals surface area contributed by atoms with Gasteiger partial charge in [0.25, 0.3) is 0 Å². The van der Waals surface area contributed by atoms with Gasteiger partial charge in [0.05, 0.1) is 31.2 Å². The van der Waals surface area contributed by atoms with Gasteiger partial charge >= 0.3 is 5.97 Å². The van der Waals surface area contributed by atoms with E-state index in [1.54, 1.807) is 13.8 Å². The first-order chi connectivity index (χ1) is 7.88. The van der Waals surface area contributed by atoms with Gasteiger partial charge in [0, 0.05) is 6.61 Å². The Labute approximate surface area is 99.9 Å². The number of nitrogens with one attached hydrogen (secondary N) is 1. The van der Waals surface area contributed by atoms with Crippen LogP contribution < -0.4 is 11.1 Å². The fourth-order valence-electron chi connectivity index (χ4n) is 1.09. The Morgan fingerprint density at radius 1 is 1.47 bits per heavy atom. The molecule has 0 rings (SSSR count). The molecule has 0 spiro atoms. The van der Waals surface area contributed by atoms with Crippen molar-refractivity contribution in [2.75, 3.05) is 13.2 Å². The molecule has 0 bridgehead atoms. The molecule has 0 aromatic rings. The maximum absolute atomic E-state index is 11.4. The van der Waals surface area contributed by atoms with Gasteiger partial charge in [-0.1, -0.05) is 0 Å². The minimum atomic E-state index is -1.14. The van der Waals surface area contributed by atoms with E-state index in [2.05, 4.69) is 5.32 Å². The predicted molar refractivity (Wildman–Crippen MR) is 60.3 cm³/mol. The van der Waals surface area contributed by atoms with Gasteiger partial charge in [-0.3, -0.25) is 9.59 Å². The molecule has 0 aromatic heterocycles. The van der Waals surface area contributed by atoms with E-state index in [1.165, 1.54) is 0 Å². The Kier molecular flexibility index (Phi) is 7.44. The van der Waals surface area contributed by atoms with E-state index in [0.717, 1.165) is 0 Å². The van der Waals surface area contributed by atoms with Crippen LogP contribution in [0.3, 0.4) is 0 Å². The summed E-state index contributed by atoms with van der Waals surface area (Å²) >= 11 is 0. The average Bonchev–Trinajstić information content (AvgIpc) is 2.24. The number of hydrogen-bond donors (Lipinski definition) is 4. The van der Waals surface area contributed by atoms with Crippen LogP contribution >= 0.6 is 0 Å². The van der Waals surface area contributed by atoms with Gasteiger partial charge in [0.1, 0.15) is 0 Å². The molecule has 5 N–H and O–H groups in total. The Hall–Kier alpha value is -1.18. The Morgan fingerprint density at radius 2 is 2.06 bits per heavy atom. The van der Waals surface area contributed by atoms with Gasteiger partial charge in [0.2, 0.25) is 5.91 Å². The normalized spacial score (nSPS) is 16.0. The minimum Gasteiger partial charge on any atom is -0.481 e. The molecular weight excluding hydrogens is 228 g/mol. The highest BCUT2D eigenvalue weighted by atomic mass is 16.5. The smallest absolute Gasteiger partial charge is 0.305 e. The van der Waals surface area contributed by atoms with Crippen molar-refractivity contribution < 1.29 is 24.5 Å². The summed E-state index contributed by atoms with van der Waals surface area (Å²) in [4.78, 5) is 21.8. The van der Waals surface area contributed by atoms with E-state index < -0.39 is 36.5 Å². The number of nitrogens with two attached hydrogens (primary N) is 1. The topological polar surface area (TPSA) is 122 Å². The lowest BCUT2D eigenvalue weighted by Gasteiger charge is -2.21. The molecule has 100 valence electrons. The molecule has 0 radical (unpaired) electrons. The average molecular weight is 248 g/mol. The number of amides is 1. The number of rotatable bonds is 8. The van der Waals surface area contributed by atoms with E-state index in [-0.39, 0.29) is 6.61 Å². The maximum atomic E-state index is 11.4. The van der Waals surface area contributed by atoms with Crippen molar-refractivity contribution in [1.29, 1.82) is 0 Å². The van der Waals surface area contributed by atoms with Crippen LogP contribution in [0, 0.1) is 0 Å². The van der Waals surface area contributed by atoms with Gasteiger partial charge in [0.15, 0.2) is 0 Å². The van der Waals surface area contributed by atoms with Gasteiger partial charge in [-0.05, 0) is 13.8 Å². The summed E-state index contributed by atoms with van der Waals surface area (Å²) in [5.74, 6) is -1.74. The molecule has 0 aromatic carbocycles. The first-order valence-corrected chi connectivity index (χ1v) is 5.42. The second kappa shape index (κ2) is 7.99. The second-order valence-electron chi connectivity index (χ2n) is 3.73. The summed E-state index contributed by atoms with van der Waals surface area (Å²) in [7, 11) is 0. The Balaban J connectivity index is 4.05.